The van der Waals surface area contributed by atoms with Crippen LogP contribution in [0.2, 0.25) is 0 Å². The van der Waals surface area contributed by atoms with Gasteiger partial charge in [-0.3, -0.25) is 4.79 Å². The van der Waals surface area contributed by atoms with Gasteiger partial charge in [-0.1, -0.05) is 55.6 Å². The van der Waals surface area contributed by atoms with E-state index in [9.17, 15) is 4.79 Å². The third-order valence-electron chi connectivity index (χ3n) is 5.00. The van der Waals surface area contributed by atoms with Gasteiger partial charge in [-0.2, -0.15) is 4.98 Å². The fourth-order valence-corrected chi connectivity index (χ4v) is 3.63. The molecule has 5 nitrogen and oxygen atoms in total. The highest BCUT2D eigenvalue weighted by molar-refractivity contribution is 5.78. The minimum absolute atomic E-state index is 0.00815. The highest BCUT2D eigenvalue weighted by Gasteiger charge is 2.18. The number of nitrogens with zero attached hydrogens (tertiary/aromatic N) is 2. The van der Waals surface area contributed by atoms with Crippen molar-refractivity contribution in [1.82, 2.24) is 15.5 Å². The minimum atomic E-state index is -0.00815. The monoisotopic (exact) mass is 341 g/mol. The average molecular weight is 341 g/mol. The Labute approximate surface area is 149 Å². The summed E-state index contributed by atoms with van der Waals surface area (Å²) < 4.78 is 5.35. The first-order chi connectivity index (χ1) is 12.1. The maximum atomic E-state index is 12.1. The van der Waals surface area contributed by atoms with Crippen molar-refractivity contribution in [2.24, 2.45) is 0 Å². The van der Waals surface area contributed by atoms with Crippen LogP contribution in [0.4, 0.5) is 0 Å². The second-order valence-corrected chi connectivity index (χ2v) is 7.15. The predicted molar refractivity (Wildman–Crippen MR) is 96.3 cm³/mol. The summed E-state index contributed by atoms with van der Waals surface area (Å²) >= 11 is 0. The maximum Gasteiger partial charge on any atom is 0.228 e. The van der Waals surface area contributed by atoms with E-state index in [-0.39, 0.29) is 12.3 Å². The number of nitrogens with one attached hydrogen (secondary N) is 1. The third kappa shape index (κ3) is 4.91. The number of aryl methyl sites for hydroxylation is 1. The summed E-state index contributed by atoms with van der Waals surface area (Å²) in [5.41, 5.74) is 2.55. The van der Waals surface area contributed by atoms with Crippen LogP contribution in [0.15, 0.2) is 28.8 Å². The van der Waals surface area contributed by atoms with Crippen molar-refractivity contribution in [3.8, 4) is 0 Å². The molecule has 0 aliphatic heterocycles. The van der Waals surface area contributed by atoms with Crippen molar-refractivity contribution in [3.63, 3.8) is 0 Å². The molecule has 0 spiro atoms. The van der Waals surface area contributed by atoms with Crippen LogP contribution in [-0.4, -0.2) is 22.1 Å². The van der Waals surface area contributed by atoms with Gasteiger partial charge in [-0.05, 0) is 36.8 Å². The summed E-state index contributed by atoms with van der Waals surface area (Å²) in [6, 6.07) is 8.65. The summed E-state index contributed by atoms with van der Waals surface area (Å²) in [6.07, 6.45) is 6.72. The molecule has 1 saturated carbocycles. The Morgan fingerprint density at radius 2 is 2.04 bits per heavy atom. The van der Waals surface area contributed by atoms with Gasteiger partial charge in [-0.15, -0.1) is 0 Å². The smallest absolute Gasteiger partial charge is 0.228 e. The molecule has 0 radical (unpaired) electrons. The molecule has 25 heavy (non-hydrogen) atoms. The molecule has 1 heterocycles. The van der Waals surface area contributed by atoms with E-state index in [4.69, 9.17) is 4.52 Å². The standard InChI is InChI=1S/C20H27N3O2/c1-14-8-6-7-11-17(14)15(2)12-20-22-18(23-25-20)13-19(24)21-16-9-4-3-5-10-16/h6-8,11,15-16H,3-5,9-10,12-13H2,1-2H3,(H,21,24). The molecule has 1 amide bonds. The Morgan fingerprint density at radius 3 is 2.80 bits per heavy atom. The summed E-state index contributed by atoms with van der Waals surface area (Å²) in [7, 11) is 0. The van der Waals surface area contributed by atoms with Crippen LogP contribution in [0.5, 0.6) is 0 Å². The van der Waals surface area contributed by atoms with Gasteiger partial charge in [-0.25, -0.2) is 0 Å². The third-order valence-corrected chi connectivity index (χ3v) is 5.00. The zero-order valence-corrected chi connectivity index (χ0v) is 15.1. The fourth-order valence-electron chi connectivity index (χ4n) is 3.63. The number of carbonyl (C=O) groups excluding carboxylic acids is 1. The summed E-state index contributed by atoms with van der Waals surface area (Å²) in [5.74, 6) is 1.35. The number of amides is 1. The van der Waals surface area contributed by atoms with E-state index in [1.807, 2.05) is 12.1 Å². The second-order valence-electron chi connectivity index (χ2n) is 7.15. The number of hydrogen-bond donors (Lipinski definition) is 1. The minimum Gasteiger partial charge on any atom is -0.353 e. The Kier molecular flexibility index (Phi) is 5.84. The first-order valence-electron chi connectivity index (χ1n) is 9.28. The molecule has 1 unspecified atom stereocenters. The largest absolute Gasteiger partial charge is 0.353 e. The number of hydrogen-bond acceptors (Lipinski definition) is 4. The molecule has 2 aromatic rings. The molecular weight excluding hydrogens is 314 g/mol. The Morgan fingerprint density at radius 1 is 1.28 bits per heavy atom. The van der Waals surface area contributed by atoms with E-state index < -0.39 is 0 Å². The van der Waals surface area contributed by atoms with Crippen LogP contribution in [0, 0.1) is 6.92 Å². The zero-order valence-electron chi connectivity index (χ0n) is 15.1. The molecule has 3 rings (SSSR count). The quantitative estimate of drug-likeness (QED) is 0.869. The normalized spacial score (nSPS) is 16.6. The predicted octanol–water partition coefficient (Wildman–Crippen LogP) is 3.72. The van der Waals surface area contributed by atoms with Crippen LogP contribution in [-0.2, 0) is 17.6 Å². The molecule has 0 saturated heterocycles. The topological polar surface area (TPSA) is 68.0 Å². The number of rotatable bonds is 6. The zero-order chi connectivity index (χ0) is 17.6. The number of aromatic nitrogens is 2. The average Bonchev–Trinajstić information content (AvgIpc) is 3.02. The van der Waals surface area contributed by atoms with Crippen LogP contribution >= 0.6 is 0 Å². The van der Waals surface area contributed by atoms with E-state index in [0.29, 0.717) is 30.1 Å². The highest BCUT2D eigenvalue weighted by atomic mass is 16.5. The lowest BCUT2D eigenvalue weighted by Gasteiger charge is -2.22. The van der Waals surface area contributed by atoms with Crippen molar-refractivity contribution in [2.75, 3.05) is 0 Å². The molecule has 1 aliphatic carbocycles. The van der Waals surface area contributed by atoms with E-state index in [2.05, 4.69) is 41.4 Å². The fraction of sp³-hybridized carbons (Fsp3) is 0.550. The van der Waals surface area contributed by atoms with E-state index in [1.54, 1.807) is 0 Å². The molecule has 1 aliphatic rings. The van der Waals surface area contributed by atoms with Crippen LogP contribution in [0.1, 0.15) is 67.8 Å². The van der Waals surface area contributed by atoms with Gasteiger partial charge >= 0.3 is 0 Å². The van der Waals surface area contributed by atoms with Gasteiger partial charge in [0.25, 0.3) is 0 Å². The Hall–Kier alpha value is -2.17. The maximum absolute atomic E-state index is 12.1. The van der Waals surface area contributed by atoms with E-state index in [0.717, 1.165) is 12.8 Å². The molecule has 1 aromatic heterocycles. The first-order valence-corrected chi connectivity index (χ1v) is 9.28. The van der Waals surface area contributed by atoms with Crippen molar-refractivity contribution in [2.45, 2.75) is 70.8 Å². The SMILES string of the molecule is Cc1ccccc1C(C)Cc1nc(CC(=O)NC2CCCCC2)no1. The summed E-state index contributed by atoms with van der Waals surface area (Å²) in [5, 5.41) is 7.06. The highest BCUT2D eigenvalue weighted by Crippen LogP contribution is 2.22. The lowest BCUT2D eigenvalue weighted by atomic mass is 9.94. The molecular formula is C20H27N3O2. The van der Waals surface area contributed by atoms with Crippen molar-refractivity contribution >= 4 is 5.91 Å². The number of benzene rings is 1. The lowest BCUT2D eigenvalue weighted by Crippen LogP contribution is -2.37. The van der Waals surface area contributed by atoms with Gasteiger partial charge in [0.05, 0.1) is 6.42 Å². The molecule has 1 aromatic carbocycles. The second kappa shape index (κ2) is 8.28. The van der Waals surface area contributed by atoms with Crippen molar-refractivity contribution in [3.05, 3.63) is 47.1 Å². The van der Waals surface area contributed by atoms with Crippen LogP contribution in [0.3, 0.4) is 0 Å². The Bertz CT molecular complexity index is 704. The van der Waals surface area contributed by atoms with Crippen LogP contribution < -0.4 is 5.32 Å². The van der Waals surface area contributed by atoms with Gasteiger partial charge in [0.15, 0.2) is 5.82 Å². The Balaban J connectivity index is 1.53. The summed E-state index contributed by atoms with van der Waals surface area (Å²) in [6.45, 7) is 4.27. The van der Waals surface area contributed by atoms with Crippen molar-refractivity contribution in [1.29, 1.82) is 0 Å². The molecule has 5 heteroatoms. The molecule has 1 atom stereocenters. The molecule has 1 N–H and O–H groups in total. The number of carbonyl (C=O) groups is 1. The van der Waals surface area contributed by atoms with Gasteiger partial charge in [0, 0.05) is 12.5 Å². The van der Waals surface area contributed by atoms with Crippen molar-refractivity contribution < 1.29 is 9.32 Å². The van der Waals surface area contributed by atoms with E-state index in [1.165, 1.54) is 30.4 Å². The molecule has 0 bridgehead atoms. The van der Waals surface area contributed by atoms with E-state index >= 15 is 0 Å². The van der Waals surface area contributed by atoms with Gasteiger partial charge in [0.1, 0.15) is 0 Å². The van der Waals surface area contributed by atoms with Gasteiger partial charge < -0.3 is 9.84 Å². The van der Waals surface area contributed by atoms with Crippen LogP contribution in [0.25, 0.3) is 0 Å². The molecule has 134 valence electrons. The van der Waals surface area contributed by atoms with Gasteiger partial charge in [0.2, 0.25) is 11.8 Å². The molecule has 1 fully saturated rings. The summed E-state index contributed by atoms with van der Waals surface area (Å²) in [4.78, 5) is 16.5. The lowest BCUT2D eigenvalue weighted by molar-refractivity contribution is -0.121. The first kappa shape index (κ1) is 17.6.